The van der Waals surface area contributed by atoms with Gasteiger partial charge in [-0.3, -0.25) is 19.4 Å². The van der Waals surface area contributed by atoms with Crippen LogP contribution in [0.15, 0.2) is 89.7 Å². The van der Waals surface area contributed by atoms with Crippen LogP contribution < -0.4 is 16.0 Å². The van der Waals surface area contributed by atoms with Gasteiger partial charge in [-0.1, -0.05) is 37.3 Å². The predicted molar refractivity (Wildman–Crippen MR) is 177 cm³/mol. The van der Waals surface area contributed by atoms with E-state index in [0.29, 0.717) is 33.3 Å². The first-order valence-corrected chi connectivity index (χ1v) is 16.2. The minimum atomic E-state index is -0.519. The van der Waals surface area contributed by atoms with E-state index in [1.165, 1.54) is 30.2 Å². The van der Waals surface area contributed by atoms with Crippen LogP contribution in [0.1, 0.15) is 50.1 Å². The number of thioether (sulfide) groups is 1. The molecule has 2 aromatic carbocycles. The lowest BCUT2D eigenvalue weighted by molar-refractivity contribution is -0.114. The van der Waals surface area contributed by atoms with Crippen LogP contribution in [-0.2, 0) is 27.2 Å². The highest BCUT2D eigenvalue weighted by Crippen LogP contribution is 2.40. The van der Waals surface area contributed by atoms with E-state index in [4.69, 9.17) is 4.74 Å². The lowest BCUT2D eigenvalue weighted by Gasteiger charge is -2.18. The summed E-state index contributed by atoms with van der Waals surface area (Å²) in [4.78, 5) is 57.7. The molecule has 3 amide bonds. The maximum absolute atomic E-state index is 13.4. The number of benzene rings is 2. The van der Waals surface area contributed by atoms with Gasteiger partial charge in [0.25, 0.3) is 11.8 Å². The number of hydrogen-bond donors (Lipinski definition) is 3. The predicted octanol–water partition coefficient (Wildman–Crippen LogP) is 6.19. The summed E-state index contributed by atoms with van der Waals surface area (Å²) >= 11 is 2.74. The van der Waals surface area contributed by atoms with Crippen molar-refractivity contribution in [3.8, 4) is 0 Å². The first-order chi connectivity index (χ1) is 21.8. The van der Waals surface area contributed by atoms with Crippen LogP contribution in [0, 0.1) is 5.92 Å². The molecule has 5 rings (SSSR count). The molecule has 1 atom stereocenters. The van der Waals surface area contributed by atoms with Crippen molar-refractivity contribution in [1.29, 1.82) is 0 Å². The zero-order valence-corrected chi connectivity index (χ0v) is 26.4. The van der Waals surface area contributed by atoms with E-state index >= 15 is 0 Å². The van der Waals surface area contributed by atoms with Crippen molar-refractivity contribution in [1.82, 2.24) is 10.3 Å². The molecule has 4 aromatic rings. The van der Waals surface area contributed by atoms with E-state index in [-0.39, 0.29) is 17.4 Å². The summed E-state index contributed by atoms with van der Waals surface area (Å²) in [6.45, 7) is 2.19. The number of pyridine rings is 1. The van der Waals surface area contributed by atoms with E-state index < -0.39 is 17.8 Å². The molecule has 0 radical (unpaired) electrons. The van der Waals surface area contributed by atoms with Gasteiger partial charge in [-0.25, -0.2) is 4.79 Å². The molecular formula is C34H32N4O5S2. The average molecular weight is 641 g/mol. The second-order valence-electron chi connectivity index (χ2n) is 10.5. The molecule has 0 aliphatic heterocycles. The number of ether oxygens (including phenoxy) is 1. The molecule has 9 nitrogen and oxygen atoms in total. The second-order valence-corrected chi connectivity index (χ2v) is 12.7. The molecule has 1 aliphatic carbocycles. The van der Waals surface area contributed by atoms with E-state index in [9.17, 15) is 19.2 Å². The molecular weight excluding hydrogens is 609 g/mol. The monoisotopic (exact) mass is 640 g/mol. The molecule has 45 heavy (non-hydrogen) atoms. The molecule has 230 valence electrons. The Hall–Kier alpha value is -4.74. The van der Waals surface area contributed by atoms with Gasteiger partial charge in [-0.15, -0.1) is 23.1 Å². The third kappa shape index (κ3) is 8.25. The Balaban J connectivity index is 1.25. The summed E-state index contributed by atoms with van der Waals surface area (Å²) in [5, 5.41) is 8.99. The smallest absolute Gasteiger partial charge is 0.341 e. The third-order valence-corrected chi connectivity index (χ3v) is 9.30. The van der Waals surface area contributed by atoms with E-state index in [2.05, 4.69) is 27.9 Å². The molecule has 2 heterocycles. The number of amides is 3. The second kappa shape index (κ2) is 14.8. The minimum Gasteiger partial charge on any atom is -0.465 e. The number of anilines is 2. The Morgan fingerprint density at radius 1 is 1.04 bits per heavy atom. The van der Waals surface area contributed by atoms with Crippen molar-refractivity contribution in [2.75, 3.05) is 23.5 Å². The summed E-state index contributed by atoms with van der Waals surface area (Å²) in [6, 6.07) is 19.2. The van der Waals surface area contributed by atoms with Crippen LogP contribution in [0.5, 0.6) is 0 Å². The Morgan fingerprint density at radius 2 is 1.87 bits per heavy atom. The molecule has 0 spiro atoms. The van der Waals surface area contributed by atoms with Gasteiger partial charge in [0.1, 0.15) is 10.7 Å². The number of methoxy groups -OCH3 is 1. The Morgan fingerprint density at radius 3 is 2.62 bits per heavy atom. The summed E-state index contributed by atoms with van der Waals surface area (Å²) in [7, 11) is 1.35. The summed E-state index contributed by atoms with van der Waals surface area (Å²) in [6.07, 6.45) is 7.42. The number of carbonyl (C=O) groups excluding carboxylic acids is 4. The number of fused-ring (bicyclic) bond motifs is 1. The molecule has 0 bridgehead atoms. The van der Waals surface area contributed by atoms with Crippen LogP contribution >= 0.6 is 23.1 Å². The van der Waals surface area contributed by atoms with Gasteiger partial charge in [0, 0.05) is 33.4 Å². The highest BCUT2D eigenvalue weighted by Gasteiger charge is 2.29. The van der Waals surface area contributed by atoms with Gasteiger partial charge in [0.05, 0.1) is 18.4 Å². The van der Waals surface area contributed by atoms with Gasteiger partial charge in [0.2, 0.25) is 5.91 Å². The van der Waals surface area contributed by atoms with Crippen LogP contribution in [0.4, 0.5) is 10.7 Å². The lowest BCUT2D eigenvalue weighted by Crippen LogP contribution is -2.30. The van der Waals surface area contributed by atoms with Crippen molar-refractivity contribution in [3.05, 3.63) is 112 Å². The Labute approximate surface area is 269 Å². The maximum atomic E-state index is 13.4. The van der Waals surface area contributed by atoms with Crippen LogP contribution in [0.3, 0.4) is 0 Å². The molecule has 0 fully saturated rings. The molecule has 1 aliphatic rings. The van der Waals surface area contributed by atoms with Gasteiger partial charge in [-0.05, 0) is 78.8 Å². The number of rotatable bonds is 10. The van der Waals surface area contributed by atoms with Gasteiger partial charge >= 0.3 is 5.97 Å². The maximum Gasteiger partial charge on any atom is 0.341 e. The summed E-state index contributed by atoms with van der Waals surface area (Å²) < 4.78 is 5.02. The first-order valence-electron chi connectivity index (χ1n) is 14.4. The Kier molecular flexibility index (Phi) is 10.4. The molecule has 0 saturated heterocycles. The number of esters is 1. The summed E-state index contributed by atoms with van der Waals surface area (Å²) in [5.41, 5.74) is 3.03. The van der Waals surface area contributed by atoms with Crippen molar-refractivity contribution in [2.24, 2.45) is 5.92 Å². The number of hydrogen-bond acceptors (Lipinski definition) is 8. The SMILES string of the molecule is COC(=O)c1c(NC(=O)CSc2cccc(NC(=O)/C(=C/c3cccnc3)NC(=O)c3ccccc3)c2)sc2c1CCC(C)C2. The standard InChI is InChI=1S/C34H32N4O5S2/c1-21-13-14-26-28(16-21)45-33(30(26)34(42)43-2)38-29(39)20-44-25-12-6-11-24(18-25)36-32(41)27(17-22-8-7-15-35-19-22)37-31(40)23-9-4-3-5-10-23/h3-12,15,17-19,21H,13-14,16,20H2,1-2H3,(H,36,41)(H,37,40)(H,38,39)/b27-17-. The number of aromatic nitrogens is 1. The average Bonchev–Trinajstić information content (AvgIpc) is 3.40. The normalized spacial score (nSPS) is 14.2. The third-order valence-electron chi connectivity index (χ3n) is 7.14. The number of carbonyl (C=O) groups is 4. The number of nitrogens with zero attached hydrogens (tertiary/aromatic N) is 1. The quantitative estimate of drug-likeness (QED) is 0.107. The van der Waals surface area contributed by atoms with Gasteiger partial charge in [-0.2, -0.15) is 0 Å². The number of thiophene rings is 1. The van der Waals surface area contributed by atoms with Crippen LogP contribution in [0.25, 0.3) is 6.08 Å². The van der Waals surface area contributed by atoms with E-state index in [1.54, 1.807) is 79.1 Å². The van der Waals surface area contributed by atoms with Crippen molar-refractivity contribution >= 4 is 63.6 Å². The fourth-order valence-corrected chi connectivity index (χ4v) is 7.07. The van der Waals surface area contributed by atoms with Crippen LogP contribution in [-0.4, -0.2) is 41.5 Å². The zero-order chi connectivity index (χ0) is 31.8. The Bertz CT molecular complexity index is 1740. The van der Waals surface area contributed by atoms with Gasteiger partial charge < -0.3 is 20.7 Å². The highest BCUT2D eigenvalue weighted by atomic mass is 32.2. The molecule has 0 saturated carbocycles. The fraction of sp³-hybridized carbons (Fsp3) is 0.206. The molecule has 2 aromatic heterocycles. The van der Waals surface area contributed by atoms with E-state index in [1.807, 2.05) is 6.07 Å². The summed E-state index contributed by atoms with van der Waals surface area (Å²) in [5.74, 6) is -1.02. The zero-order valence-electron chi connectivity index (χ0n) is 24.8. The van der Waals surface area contributed by atoms with Crippen molar-refractivity contribution in [3.63, 3.8) is 0 Å². The fourth-order valence-electron chi connectivity index (χ4n) is 4.90. The largest absolute Gasteiger partial charge is 0.465 e. The topological polar surface area (TPSA) is 126 Å². The molecule has 3 N–H and O–H groups in total. The lowest BCUT2D eigenvalue weighted by atomic mass is 9.88. The van der Waals surface area contributed by atoms with Crippen molar-refractivity contribution < 1.29 is 23.9 Å². The van der Waals surface area contributed by atoms with E-state index in [0.717, 1.165) is 34.6 Å². The molecule has 11 heteroatoms. The first kappa shape index (κ1) is 31.7. The minimum absolute atomic E-state index is 0.0451. The highest BCUT2D eigenvalue weighted by molar-refractivity contribution is 8.00. The van der Waals surface area contributed by atoms with Gasteiger partial charge in [0.15, 0.2) is 0 Å². The number of nitrogens with one attached hydrogen (secondary N) is 3. The van der Waals surface area contributed by atoms with Crippen LogP contribution in [0.2, 0.25) is 0 Å². The van der Waals surface area contributed by atoms with Crippen molar-refractivity contribution in [2.45, 2.75) is 31.1 Å². The molecule has 1 unspecified atom stereocenters.